The first kappa shape index (κ1) is 19.6. The molecule has 0 fully saturated rings. The summed E-state index contributed by atoms with van der Waals surface area (Å²) in [5.41, 5.74) is 0.445. The minimum absolute atomic E-state index is 0. The SMILES string of the molecule is CCCCCC(=O)Oc1c(C)cccc1S(=O)(=O)[O-].[Na+]. The van der Waals surface area contributed by atoms with Gasteiger partial charge >= 0.3 is 35.5 Å². The Bertz CT molecular complexity index is 554. The summed E-state index contributed by atoms with van der Waals surface area (Å²) >= 11 is 0. The van der Waals surface area contributed by atoms with Crippen LogP contribution in [0.3, 0.4) is 0 Å². The van der Waals surface area contributed by atoms with Crippen LogP contribution in [-0.4, -0.2) is 18.9 Å². The van der Waals surface area contributed by atoms with Crippen LogP contribution >= 0.6 is 0 Å². The van der Waals surface area contributed by atoms with E-state index in [-0.39, 0.29) is 41.7 Å². The molecule has 7 heteroatoms. The average molecular weight is 308 g/mol. The topological polar surface area (TPSA) is 83.5 Å². The van der Waals surface area contributed by atoms with Gasteiger partial charge in [0.05, 0.1) is 4.90 Å². The second-order valence-electron chi connectivity index (χ2n) is 4.29. The maximum atomic E-state index is 11.6. The number of hydrogen-bond donors (Lipinski definition) is 0. The second kappa shape index (κ2) is 8.79. The fourth-order valence-corrected chi connectivity index (χ4v) is 2.31. The van der Waals surface area contributed by atoms with Crippen molar-refractivity contribution in [2.24, 2.45) is 0 Å². The van der Waals surface area contributed by atoms with Crippen LogP contribution in [-0.2, 0) is 14.9 Å². The molecule has 0 amide bonds. The standard InChI is InChI=1S/C13H18O5S.Na/c1-3-4-5-9-12(14)18-13-10(2)7-6-8-11(13)19(15,16)17;/h6-8H,3-5,9H2,1-2H3,(H,15,16,17);/q;+1/p-1. The van der Waals surface area contributed by atoms with Gasteiger partial charge in [0.15, 0.2) is 5.75 Å². The molecule has 0 N–H and O–H groups in total. The predicted molar refractivity (Wildman–Crippen MR) is 68.9 cm³/mol. The van der Waals surface area contributed by atoms with Crippen LogP contribution in [0.2, 0.25) is 0 Å². The van der Waals surface area contributed by atoms with E-state index in [2.05, 4.69) is 0 Å². The largest absolute Gasteiger partial charge is 1.00 e. The van der Waals surface area contributed by atoms with E-state index in [4.69, 9.17) is 4.74 Å². The van der Waals surface area contributed by atoms with Gasteiger partial charge in [0.1, 0.15) is 10.1 Å². The Labute approximate surface area is 141 Å². The van der Waals surface area contributed by atoms with E-state index in [1.807, 2.05) is 6.92 Å². The van der Waals surface area contributed by atoms with Crippen molar-refractivity contribution in [1.29, 1.82) is 0 Å². The first-order valence-electron chi connectivity index (χ1n) is 6.12. The third kappa shape index (κ3) is 5.93. The normalized spacial score (nSPS) is 10.8. The van der Waals surface area contributed by atoms with Gasteiger partial charge < -0.3 is 9.29 Å². The van der Waals surface area contributed by atoms with Gasteiger partial charge in [-0.3, -0.25) is 4.79 Å². The first-order chi connectivity index (χ1) is 8.86. The molecular formula is C13H17NaO5S. The Morgan fingerprint density at radius 1 is 1.30 bits per heavy atom. The molecule has 5 nitrogen and oxygen atoms in total. The minimum Gasteiger partial charge on any atom is -0.744 e. The molecule has 1 aromatic rings. The molecule has 0 unspecified atom stereocenters. The number of carbonyl (C=O) groups is 1. The van der Waals surface area contributed by atoms with E-state index in [1.165, 1.54) is 6.07 Å². The molecule has 1 rings (SSSR count). The van der Waals surface area contributed by atoms with Crippen LogP contribution in [0.4, 0.5) is 0 Å². The molecule has 0 aliphatic carbocycles. The number of rotatable bonds is 6. The number of unbranched alkanes of at least 4 members (excludes halogenated alkanes) is 2. The van der Waals surface area contributed by atoms with Gasteiger partial charge in [-0.1, -0.05) is 31.9 Å². The molecule has 0 spiro atoms. The zero-order valence-corrected chi connectivity index (χ0v) is 14.8. The fourth-order valence-electron chi connectivity index (χ4n) is 1.64. The number of para-hydroxylation sites is 1. The number of esters is 1. The maximum Gasteiger partial charge on any atom is 1.00 e. The Morgan fingerprint density at radius 3 is 2.50 bits per heavy atom. The smallest absolute Gasteiger partial charge is 0.744 e. The van der Waals surface area contributed by atoms with Gasteiger partial charge in [-0.25, -0.2) is 8.42 Å². The van der Waals surface area contributed by atoms with E-state index in [0.717, 1.165) is 18.9 Å². The van der Waals surface area contributed by atoms with E-state index in [1.54, 1.807) is 13.0 Å². The number of carbonyl (C=O) groups excluding carboxylic acids is 1. The van der Waals surface area contributed by atoms with Crippen molar-refractivity contribution in [3.8, 4) is 5.75 Å². The molecule has 0 heterocycles. The molecule has 0 bridgehead atoms. The number of hydrogen-bond acceptors (Lipinski definition) is 5. The summed E-state index contributed by atoms with van der Waals surface area (Å²) in [6, 6.07) is 4.17. The molecule has 0 saturated heterocycles. The Morgan fingerprint density at radius 2 is 1.95 bits per heavy atom. The molecule has 1 aromatic carbocycles. The number of aryl methyl sites for hydroxylation is 1. The molecule has 0 atom stereocenters. The summed E-state index contributed by atoms with van der Waals surface area (Å²) in [6.45, 7) is 3.60. The average Bonchev–Trinajstić information content (AvgIpc) is 2.30. The molecule has 20 heavy (non-hydrogen) atoms. The van der Waals surface area contributed by atoms with E-state index >= 15 is 0 Å². The Hall–Kier alpha value is -0.400. The van der Waals surface area contributed by atoms with Gasteiger partial charge in [-0.15, -0.1) is 0 Å². The van der Waals surface area contributed by atoms with Crippen molar-refractivity contribution in [3.63, 3.8) is 0 Å². The van der Waals surface area contributed by atoms with Gasteiger partial charge in [0.2, 0.25) is 0 Å². The zero-order valence-electron chi connectivity index (χ0n) is 12.0. The molecular weight excluding hydrogens is 291 g/mol. The molecule has 0 radical (unpaired) electrons. The van der Waals surface area contributed by atoms with Crippen LogP contribution in [0.15, 0.2) is 23.1 Å². The molecule has 0 saturated carbocycles. The van der Waals surface area contributed by atoms with Crippen molar-refractivity contribution in [2.75, 3.05) is 0 Å². The molecule has 0 aliphatic heterocycles. The number of ether oxygens (including phenoxy) is 1. The quantitative estimate of drug-likeness (QED) is 0.230. The van der Waals surface area contributed by atoms with E-state index < -0.39 is 21.0 Å². The van der Waals surface area contributed by atoms with Crippen molar-refractivity contribution in [3.05, 3.63) is 23.8 Å². The Kier molecular flexibility index (Phi) is 8.62. The fraction of sp³-hybridized carbons (Fsp3) is 0.462. The Balaban J connectivity index is 0.00000361. The maximum absolute atomic E-state index is 11.6. The summed E-state index contributed by atoms with van der Waals surface area (Å²) < 4.78 is 38.3. The summed E-state index contributed by atoms with van der Waals surface area (Å²) in [5.74, 6) is -0.674. The minimum atomic E-state index is -4.65. The van der Waals surface area contributed by atoms with Crippen molar-refractivity contribution >= 4 is 16.1 Å². The van der Waals surface area contributed by atoms with E-state index in [9.17, 15) is 17.8 Å². The van der Waals surface area contributed by atoms with Crippen LogP contribution in [0.25, 0.3) is 0 Å². The van der Waals surface area contributed by atoms with Crippen molar-refractivity contribution in [1.82, 2.24) is 0 Å². The second-order valence-corrected chi connectivity index (χ2v) is 5.64. The van der Waals surface area contributed by atoms with Crippen molar-refractivity contribution < 1.29 is 52.1 Å². The van der Waals surface area contributed by atoms with Crippen LogP contribution in [0, 0.1) is 6.92 Å². The zero-order chi connectivity index (χ0) is 14.5. The molecule has 0 aromatic heterocycles. The van der Waals surface area contributed by atoms with Crippen LogP contribution in [0.5, 0.6) is 5.75 Å². The van der Waals surface area contributed by atoms with Gasteiger partial charge in [0.25, 0.3) is 0 Å². The van der Waals surface area contributed by atoms with Gasteiger partial charge in [0, 0.05) is 6.42 Å². The van der Waals surface area contributed by atoms with E-state index in [0.29, 0.717) is 12.0 Å². The number of benzene rings is 1. The monoisotopic (exact) mass is 308 g/mol. The third-order valence-corrected chi connectivity index (χ3v) is 3.51. The summed E-state index contributed by atoms with van der Waals surface area (Å²) in [6.07, 6.45) is 2.76. The summed E-state index contributed by atoms with van der Waals surface area (Å²) in [4.78, 5) is 11.1. The predicted octanol–water partition coefficient (Wildman–Crippen LogP) is -0.611. The third-order valence-electron chi connectivity index (χ3n) is 2.65. The first-order valence-corrected chi connectivity index (χ1v) is 7.53. The van der Waals surface area contributed by atoms with Gasteiger partial charge in [-0.2, -0.15) is 0 Å². The van der Waals surface area contributed by atoms with Crippen LogP contribution < -0.4 is 34.3 Å². The summed E-state index contributed by atoms with van der Waals surface area (Å²) in [5, 5.41) is 0. The van der Waals surface area contributed by atoms with Crippen LogP contribution in [0.1, 0.15) is 38.2 Å². The molecule has 106 valence electrons. The van der Waals surface area contributed by atoms with Gasteiger partial charge in [-0.05, 0) is 25.0 Å². The summed E-state index contributed by atoms with van der Waals surface area (Å²) in [7, 11) is -4.65. The molecule has 0 aliphatic rings. The van der Waals surface area contributed by atoms with Crippen molar-refractivity contribution in [2.45, 2.75) is 44.4 Å².